The Morgan fingerprint density at radius 2 is 1.76 bits per heavy atom. The maximum Gasteiger partial charge on any atom is 0.248 e. The third kappa shape index (κ3) is 5.50. The van der Waals surface area contributed by atoms with Crippen molar-refractivity contribution in [1.82, 2.24) is 9.80 Å². The molecule has 1 amide bonds. The van der Waals surface area contributed by atoms with Gasteiger partial charge in [-0.25, -0.2) is 0 Å². The Morgan fingerprint density at radius 3 is 2.24 bits per heavy atom. The molecule has 0 saturated carbocycles. The maximum absolute atomic E-state index is 11.3. The molecule has 0 bridgehead atoms. The van der Waals surface area contributed by atoms with Gasteiger partial charge in [-0.15, -0.1) is 0 Å². The molecule has 0 aliphatic carbocycles. The quantitative estimate of drug-likeness (QED) is 0.798. The first kappa shape index (κ1) is 14.5. The molecule has 17 heavy (non-hydrogen) atoms. The maximum atomic E-state index is 11.3. The van der Waals surface area contributed by atoms with Crippen LogP contribution >= 0.6 is 0 Å². The van der Waals surface area contributed by atoms with Crippen molar-refractivity contribution in [3.05, 3.63) is 0 Å². The Bertz CT molecular complexity index is 240. The highest BCUT2D eigenvalue weighted by Gasteiger charge is 2.20. The number of nitrogens with zero attached hydrogens (tertiary/aromatic N) is 2. The standard InChI is InChI=1S/C13H26N2O2/c1-13(2,3)5-4-6-14-7-9-15(10-8-14)12(17)11-16/h16H,4-11H2,1-3H3. The van der Waals surface area contributed by atoms with Gasteiger partial charge in [-0.2, -0.15) is 0 Å². The van der Waals surface area contributed by atoms with Crippen molar-refractivity contribution in [1.29, 1.82) is 0 Å². The molecule has 4 nitrogen and oxygen atoms in total. The van der Waals surface area contributed by atoms with Crippen LogP contribution in [0.5, 0.6) is 0 Å². The number of amides is 1. The van der Waals surface area contributed by atoms with Gasteiger partial charge in [-0.1, -0.05) is 20.8 Å². The van der Waals surface area contributed by atoms with Crippen LogP contribution < -0.4 is 0 Å². The topological polar surface area (TPSA) is 43.8 Å². The third-order valence-electron chi connectivity index (χ3n) is 3.26. The van der Waals surface area contributed by atoms with E-state index >= 15 is 0 Å². The summed E-state index contributed by atoms with van der Waals surface area (Å²) < 4.78 is 0. The first-order valence-corrected chi connectivity index (χ1v) is 6.53. The molecule has 0 aromatic heterocycles. The van der Waals surface area contributed by atoms with Crippen molar-refractivity contribution in [3.63, 3.8) is 0 Å². The van der Waals surface area contributed by atoms with Gasteiger partial charge in [0.15, 0.2) is 0 Å². The van der Waals surface area contributed by atoms with E-state index in [1.165, 1.54) is 12.8 Å². The van der Waals surface area contributed by atoms with Crippen LogP contribution in [0.15, 0.2) is 0 Å². The number of rotatable bonds is 4. The number of aliphatic hydroxyl groups excluding tert-OH is 1. The molecule has 1 aliphatic heterocycles. The molecule has 0 radical (unpaired) electrons. The number of carbonyl (C=O) groups is 1. The van der Waals surface area contributed by atoms with E-state index in [0.29, 0.717) is 5.41 Å². The summed E-state index contributed by atoms with van der Waals surface area (Å²) in [6, 6.07) is 0. The molecule has 1 aliphatic rings. The molecule has 1 heterocycles. The number of piperazine rings is 1. The van der Waals surface area contributed by atoms with Crippen molar-refractivity contribution in [2.24, 2.45) is 5.41 Å². The van der Waals surface area contributed by atoms with Crippen LogP contribution in [0.1, 0.15) is 33.6 Å². The van der Waals surface area contributed by atoms with Crippen molar-refractivity contribution < 1.29 is 9.90 Å². The molecular formula is C13H26N2O2. The average molecular weight is 242 g/mol. The molecule has 1 rings (SSSR count). The Morgan fingerprint density at radius 1 is 1.18 bits per heavy atom. The summed E-state index contributed by atoms with van der Waals surface area (Å²) in [6.07, 6.45) is 2.46. The minimum atomic E-state index is -0.357. The van der Waals surface area contributed by atoms with E-state index in [1.54, 1.807) is 4.90 Å². The van der Waals surface area contributed by atoms with E-state index in [2.05, 4.69) is 25.7 Å². The minimum Gasteiger partial charge on any atom is -0.387 e. The second kappa shape index (κ2) is 6.36. The number of hydrogen-bond acceptors (Lipinski definition) is 3. The third-order valence-corrected chi connectivity index (χ3v) is 3.26. The lowest BCUT2D eigenvalue weighted by Gasteiger charge is -2.34. The first-order valence-electron chi connectivity index (χ1n) is 6.53. The SMILES string of the molecule is CC(C)(C)CCCN1CCN(C(=O)CO)CC1. The van der Waals surface area contributed by atoms with Crippen LogP contribution in [-0.2, 0) is 4.79 Å². The largest absolute Gasteiger partial charge is 0.387 e. The van der Waals surface area contributed by atoms with Gasteiger partial charge in [0.1, 0.15) is 6.61 Å². The van der Waals surface area contributed by atoms with Gasteiger partial charge in [-0.3, -0.25) is 9.69 Å². The molecule has 1 N–H and O–H groups in total. The highest BCUT2D eigenvalue weighted by Crippen LogP contribution is 2.20. The van der Waals surface area contributed by atoms with Crippen LogP contribution in [0, 0.1) is 5.41 Å². The number of carbonyl (C=O) groups excluding carboxylic acids is 1. The Hall–Kier alpha value is -0.610. The van der Waals surface area contributed by atoms with Gasteiger partial charge in [0.05, 0.1) is 0 Å². The smallest absolute Gasteiger partial charge is 0.248 e. The predicted octanol–water partition coefficient (Wildman–Crippen LogP) is 0.949. The molecule has 0 atom stereocenters. The van der Waals surface area contributed by atoms with Crippen molar-refractivity contribution >= 4 is 5.91 Å². The molecular weight excluding hydrogens is 216 g/mol. The summed E-state index contributed by atoms with van der Waals surface area (Å²) in [4.78, 5) is 15.4. The number of aliphatic hydroxyl groups is 1. The average Bonchev–Trinajstić information content (AvgIpc) is 2.27. The summed E-state index contributed by atoms with van der Waals surface area (Å²) in [7, 11) is 0. The molecule has 0 spiro atoms. The second-order valence-corrected chi connectivity index (χ2v) is 6.04. The zero-order valence-corrected chi connectivity index (χ0v) is 11.4. The predicted molar refractivity (Wildman–Crippen MR) is 68.8 cm³/mol. The summed E-state index contributed by atoms with van der Waals surface area (Å²) in [6.45, 7) is 11.0. The zero-order chi connectivity index (χ0) is 12.9. The van der Waals surface area contributed by atoms with E-state index in [1.807, 2.05) is 0 Å². The van der Waals surface area contributed by atoms with Crippen molar-refractivity contribution in [2.75, 3.05) is 39.3 Å². The van der Waals surface area contributed by atoms with Crippen LogP contribution in [0.4, 0.5) is 0 Å². The van der Waals surface area contributed by atoms with Crippen molar-refractivity contribution in [3.8, 4) is 0 Å². The van der Waals surface area contributed by atoms with E-state index in [-0.39, 0.29) is 12.5 Å². The normalized spacial score (nSPS) is 18.5. The monoisotopic (exact) mass is 242 g/mol. The van der Waals surface area contributed by atoms with E-state index in [0.717, 1.165) is 32.7 Å². The zero-order valence-electron chi connectivity index (χ0n) is 11.4. The summed E-state index contributed by atoms with van der Waals surface area (Å²) in [5.41, 5.74) is 0.411. The first-order chi connectivity index (χ1) is 7.92. The molecule has 0 unspecified atom stereocenters. The van der Waals surface area contributed by atoms with Crippen LogP contribution in [0.3, 0.4) is 0 Å². The molecule has 0 aromatic carbocycles. The Balaban J connectivity index is 2.17. The van der Waals surface area contributed by atoms with E-state index < -0.39 is 0 Å². The van der Waals surface area contributed by atoms with Gasteiger partial charge in [0.2, 0.25) is 5.91 Å². The van der Waals surface area contributed by atoms with Crippen LogP contribution in [0.2, 0.25) is 0 Å². The lowest BCUT2D eigenvalue weighted by molar-refractivity contribution is -0.135. The van der Waals surface area contributed by atoms with Gasteiger partial charge < -0.3 is 10.0 Å². The summed E-state index contributed by atoms with van der Waals surface area (Å²) in [5.74, 6) is -0.139. The fourth-order valence-corrected chi connectivity index (χ4v) is 2.15. The fourth-order valence-electron chi connectivity index (χ4n) is 2.15. The number of hydrogen-bond donors (Lipinski definition) is 1. The summed E-state index contributed by atoms with van der Waals surface area (Å²) in [5, 5.41) is 8.78. The molecule has 4 heteroatoms. The van der Waals surface area contributed by atoms with E-state index in [4.69, 9.17) is 5.11 Å². The minimum absolute atomic E-state index is 0.139. The Labute approximate surface area is 105 Å². The van der Waals surface area contributed by atoms with Crippen LogP contribution in [0.25, 0.3) is 0 Å². The van der Waals surface area contributed by atoms with E-state index in [9.17, 15) is 4.79 Å². The van der Waals surface area contributed by atoms with Crippen molar-refractivity contribution in [2.45, 2.75) is 33.6 Å². The summed E-state index contributed by atoms with van der Waals surface area (Å²) >= 11 is 0. The van der Waals surface area contributed by atoms with Gasteiger partial charge in [0, 0.05) is 26.2 Å². The highest BCUT2D eigenvalue weighted by atomic mass is 16.3. The van der Waals surface area contributed by atoms with Gasteiger partial charge in [0.25, 0.3) is 0 Å². The Kier molecular flexibility index (Phi) is 5.40. The fraction of sp³-hybridized carbons (Fsp3) is 0.923. The molecule has 1 saturated heterocycles. The second-order valence-electron chi connectivity index (χ2n) is 6.04. The lowest BCUT2D eigenvalue weighted by atomic mass is 9.90. The van der Waals surface area contributed by atoms with Gasteiger partial charge in [-0.05, 0) is 24.8 Å². The molecule has 100 valence electrons. The lowest BCUT2D eigenvalue weighted by Crippen LogP contribution is -2.49. The molecule has 1 fully saturated rings. The van der Waals surface area contributed by atoms with Crippen LogP contribution in [-0.4, -0.2) is 60.1 Å². The highest BCUT2D eigenvalue weighted by molar-refractivity contribution is 5.77. The van der Waals surface area contributed by atoms with Gasteiger partial charge >= 0.3 is 0 Å². The molecule has 0 aromatic rings.